The number of aliphatic hydroxyl groups excluding tert-OH is 1. The van der Waals surface area contributed by atoms with Gasteiger partial charge in [-0.3, -0.25) is 13.8 Å². The molecule has 0 aromatic carbocycles. The first-order valence-corrected chi connectivity index (χ1v) is 15.3. The van der Waals surface area contributed by atoms with Gasteiger partial charge < -0.3 is 19.2 Å². The third-order valence-electron chi connectivity index (χ3n) is 5.40. The van der Waals surface area contributed by atoms with E-state index in [0.717, 1.165) is 19.3 Å². The van der Waals surface area contributed by atoms with Gasteiger partial charge in [-0.15, -0.1) is 0 Å². The molecule has 0 bridgehead atoms. The van der Waals surface area contributed by atoms with Gasteiger partial charge in [-0.2, -0.15) is 0 Å². The Labute approximate surface area is 225 Å². The number of esters is 1. The molecule has 216 valence electrons. The highest BCUT2D eigenvalue weighted by Crippen LogP contribution is 2.43. The van der Waals surface area contributed by atoms with Gasteiger partial charge in [0.2, 0.25) is 0 Å². The molecule has 9 heteroatoms. The molecule has 0 heterocycles. The van der Waals surface area contributed by atoms with Crippen molar-refractivity contribution >= 4 is 13.8 Å². The normalized spacial score (nSPS) is 15.1. The van der Waals surface area contributed by atoms with E-state index >= 15 is 0 Å². The van der Waals surface area contributed by atoms with Crippen molar-refractivity contribution in [1.82, 2.24) is 0 Å². The Bertz CT molecular complexity index is 701. The first kappa shape index (κ1) is 35.7. The summed E-state index contributed by atoms with van der Waals surface area (Å²) in [7, 11) is 1.53. The highest BCUT2D eigenvalue weighted by Gasteiger charge is 2.24. The lowest BCUT2D eigenvalue weighted by molar-refractivity contribution is -0.870. The lowest BCUT2D eigenvalue weighted by atomic mass is 10.1. The largest absolute Gasteiger partial charge is 0.472 e. The van der Waals surface area contributed by atoms with Crippen LogP contribution in [-0.4, -0.2) is 74.1 Å². The fourth-order valence-corrected chi connectivity index (χ4v) is 3.89. The third kappa shape index (κ3) is 27.6. The highest BCUT2D eigenvalue weighted by molar-refractivity contribution is 7.47. The first-order chi connectivity index (χ1) is 17.6. The SMILES string of the molecule is CCCCCCCC/C=C\C/C=C\C/C=C\CCCC(=O)OC[C@@H](O)COP(=O)(O)OCC[N+](C)(C)C. The summed E-state index contributed by atoms with van der Waals surface area (Å²) in [5, 5.41) is 9.82. The zero-order valence-corrected chi connectivity index (χ0v) is 24.6. The van der Waals surface area contributed by atoms with Crippen molar-refractivity contribution in [2.45, 2.75) is 90.1 Å². The maximum Gasteiger partial charge on any atom is 0.472 e. The van der Waals surface area contributed by atoms with E-state index in [0.29, 0.717) is 17.4 Å². The number of ether oxygens (including phenoxy) is 1. The number of carbonyl (C=O) groups is 1. The molecule has 0 rings (SSSR count). The van der Waals surface area contributed by atoms with Crippen molar-refractivity contribution in [2.75, 3.05) is 47.5 Å². The molecule has 2 atom stereocenters. The summed E-state index contributed by atoms with van der Waals surface area (Å²) in [6.07, 6.45) is 24.4. The molecule has 0 fully saturated rings. The van der Waals surface area contributed by atoms with Crippen LogP contribution in [0.15, 0.2) is 36.5 Å². The van der Waals surface area contributed by atoms with Crippen LogP contribution < -0.4 is 0 Å². The number of unbranched alkanes of at least 4 members (excludes halogenated alkanes) is 7. The number of nitrogens with zero attached hydrogens (tertiary/aromatic N) is 1. The molecule has 0 amide bonds. The number of phosphoric ester groups is 1. The van der Waals surface area contributed by atoms with Crippen molar-refractivity contribution in [3.63, 3.8) is 0 Å². The second kappa shape index (κ2) is 22.7. The van der Waals surface area contributed by atoms with Crippen LogP contribution in [0.3, 0.4) is 0 Å². The topological polar surface area (TPSA) is 102 Å². The number of likely N-dealkylation sites (N-methyl/N-ethyl adjacent to an activating group) is 1. The van der Waals surface area contributed by atoms with E-state index in [1.54, 1.807) is 0 Å². The number of hydrogen-bond acceptors (Lipinski definition) is 6. The molecule has 0 spiro atoms. The molecule has 2 N–H and O–H groups in total. The van der Waals surface area contributed by atoms with Crippen molar-refractivity contribution in [1.29, 1.82) is 0 Å². The average Bonchev–Trinajstić information content (AvgIpc) is 2.82. The molecule has 1 unspecified atom stereocenters. The van der Waals surface area contributed by atoms with Gasteiger partial charge in [0.1, 0.15) is 25.9 Å². The Morgan fingerprint density at radius 2 is 1.41 bits per heavy atom. The van der Waals surface area contributed by atoms with Gasteiger partial charge in [0.15, 0.2) is 0 Å². The number of phosphoric acid groups is 1. The van der Waals surface area contributed by atoms with Gasteiger partial charge in [-0.05, 0) is 38.5 Å². The maximum atomic E-state index is 11.8. The van der Waals surface area contributed by atoms with Gasteiger partial charge in [0, 0.05) is 6.42 Å². The predicted molar refractivity (Wildman–Crippen MR) is 150 cm³/mol. The van der Waals surface area contributed by atoms with E-state index in [2.05, 4.69) is 37.3 Å². The van der Waals surface area contributed by atoms with E-state index in [1.807, 2.05) is 27.2 Å². The molecule has 0 aliphatic rings. The third-order valence-corrected chi connectivity index (χ3v) is 6.39. The Morgan fingerprint density at radius 1 is 0.838 bits per heavy atom. The van der Waals surface area contributed by atoms with Crippen LogP contribution in [0.1, 0.15) is 84.0 Å². The fraction of sp³-hybridized carbons (Fsp3) is 0.750. The van der Waals surface area contributed by atoms with Gasteiger partial charge in [0.05, 0.1) is 27.7 Å². The smallest absolute Gasteiger partial charge is 0.463 e. The molecule has 0 aliphatic heterocycles. The van der Waals surface area contributed by atoms with Gasteiger partial charge in [-0.1, -0.05) is 75.5 Å². The molecular formula is C28H53NO7P+. The van der Waals surface area contributed by atoms with E-state index in [4.69, 9.17) is 13.8 Å². The minimum atomic E-state index is -4.25. The molecule has 0 aromatic heterocycles. The van der Waals surface area contributed by atoms with Crippen LogP contribution >= 0.6 is 7.82 Å². The van der Waals surface area contributed by atoms with Crippen molar-refractivity contribution < 1.29 is 37.6 Å². The molecule has 0 radical (unpaired) electrons. The standard InChI is InChI=1S/C28H52NO7P/c1-5-6-7-8-9-10-11-12-13-14-15-16-17-18-19-20-21-22-28(31)34-25-27(30)26-36-37(32,33)35-24-23-29(2,3)4/h12-13,15-16,18-19,27,30H,5-11,14,17,20-26H2,1-4H3/p+1/b13-12-,16-15-,19-18-/t27-/m1/s1. The quantitative estimate of drug-likeness (QED) is 0.0496. The van der Waals surface area contributed by atoms with Crippen molar-refractivity contribution in [3.8, 4) is 0 Å². The van der Waals surface area contributed by atoms with Crippen LogP contribution in [0.2, 0.25) is 0 Å². The van der Waals surface area contributed by atoms with Crippen LogP contribution in [-0.2, 0) is 23.1 Å². The van der Waals surface area contributed by atoms with Gasteiger partial charge in [0.25, 0.3) is 0 Å². The zero-order valence-electron chi connectivity index (χ0n) is 23.7. The molecule has 0 aromatic rings. The number of allylic oxidation sites excluding steroid dienone is 6. The molecule has 0 saturated heterocycles. The first-order valence-electron chi connectivity index (χ1n) is 13.8. The second-order valence-electron chi connectivity index (χ2n) is 10.3. The minimum absolute atomic E-state index is 0.0454. The number of rotatable bonds is 24. The summed E-state index contributed by atoms with van der Waals surface area (Å²) < 4.78 is 27.0. The molecule has 0 saturated carbocycles. The summed E-state index contributed by atoms with van der Waals surface area (Å²) in [6, 6.07) is 0. The molecule has 0 aliphatic carbocycles. The molecule has 37 heavy (non-hydrogen) atoms. The number of hydrogen-bond donors (Lipinski definition) is 2. The Hall–Kier alpha value is -1.28. The lowest BCUT2D eigenvalue weighted by Crippen LogP contribution is -2.37. The summed E-state index contributed by atoms with van der Waals surface area (Å²) >= 11 is 0. The van der Waals surface area contributed by atoms with Crippen LogP contribution in [0, 0.1) is 0 Å². The van der Waals surface area contributed by atoms with Crippen LogP contribution in [0.4, 0.5) is 0 Å². The minimum Gasteiger partial charge on any atom is -0.463 e. The summed E-state index contributed by atoms with van der Waals surface area (Å²) in [5.74, 6) is -0.425. The monoisotopic (exact) mass is 546 g/mol. The van der Waals surface area contributed by atoms with E-state index in [9.17, 15) is 19.4 Å². The number of carbonyl (C=O) groups excluding carboxylic acids is 1. The summed E-state index contributed by atoms with van der Waals surface area (Å²) in [4.78, 5) is 21.4. The van der Waals surface area contributed by atoms with E-state index in [1.165, 1.54) is 44.9 Å². The van der Waals surface area contributed by atoms with Crippen molar-refractivity contribution in [3.05, 3.63) is 36.5 Å². The van der Waals surface area contributed by atoms with Crippen LogP contribution in [0.5, 0.6) is 0 Å². The second-order valence-corrected chi connectivity index (χ2v) is 11.7. The number of quaternary nitrogens is 1. The van der Waals surface area contributed by atoms with Gasteiger partial charge in [-0.25, -0.2) is 4.57 Å². The lowest BCUT2D eigenvalue weighted by Gasteiger charge is -2.24. The molecule has 8 nitrogen and oxygen atoms in total. The number of aliphatic hydroxyl groups is 1. The summed E-state index contributed by atoms with van der Waals surface area (Å²) in [6.45, 7) is 2.05. The Morgan fingerprint density at radius 3 is 2.03 bits per heavy atom. The molecular weight excluding hydrogens is 493 g/mol. The van der Waals surface area contributed by atoms with Crippen LogP contribution in [0.25, 0.3) is 0 Å². The zero-order chi connectivity index (χ0) is 27.8. The predicted octanol–water partition coefficient (Wildman–Crippen LogP) is 6.10. The average molecular weight is 547 g/mol. The fourth-order valence-electron chi connectivity index (χ4n) is 3.14. The summed E-state index contributed by atoms with van der Waals surface area (Å²) in [5.41, 5.74) is 0. The highest BCUT2D eigenvalue weighted by atomic mass is 31.2. The Kier molecular flexibility index (Phi) is 21.9. The maximum absolute atomic E-state index is 11.8. The van der Waals surface area contributed by atoms with E-state index in [-0.39, 0.29) is 19.6 Å². The van der Waals surface area contributed by atoms with Crippen molar-refractivity contribution in [2.24, 2.45) is 0 Å². The van der Waals surface area contributed by atoms with Gasteiger partial charge >= 0.3 is 13.8 Å². The Balaban J connectivity index is 3.71. The van der Waals surface area contributed by atoms with E-state index < -0.39 is 26.5 Å².